The number of benzene rings is 6. The minimum atomic E-state index is -0.548. The standard InChI is InChI=1S/C41H26N4O5/c42-29-11-1-23(2-12-29)25-5-15-31(16-6-25)44-38(47)33-19-9-27(21-35(33)40(44)49)37(46)28-10-20-34-36(22-28)41(50)45(39(34)48)32-17-7-26(8-18-32)24-3-13-30(43)14-4-24/h1-22H,42-43H2. The Bertz CT molecular complexity index is 2250. The lowest BCUT2D eigenvalue weighted by Crippen LogP contribution is -2.29. The van der Waals surface area contributed by atoms with Crippen molar-refractivity contribution in [1.29, 1.82) is 0 Å². The first kappa shape index (κ1) is 30.2. The van der Waals surface area contributed by atoms with Crippen LogP contribution in [0, 0.1) is 0 Å². The second kappa shape index (κ2) is 11.5. The zero-order valence-electron chi connectivity index (χ0n) is 26.3. The topological polar surface area (TPSA) is 144 Å². The molecule has 240 valence electrons. The van der Waals surface area contributed by atoms with Gasteiger partial charge in [0, 0.05) is 22.5 Å². The summed E-state index contributed by atoms with van der Waals surface area (Å²) < 4.78 is 0. The van der Waals surface area contributed by atoms with Crippen LogP contribution in [0.4, 0.5) is 22.7 Å². The average molecular weight is 655 g/mol. The van der Waals surface area contributed by atoms with Gasteiger partial charge in [0.05, 0.1) is 33.6 Å². The maximum absolute atomic E-state index is 13.7. The Morgan fingerprint density at radius 3 is 1.02 bits per heavy atom. The van der Waals surface area contributed by atoms with Crippen LogP contribution < -0.4 is 21.3 Å². The Morgan fingerprint density at radius 1 is 0.380 bits per heavy atom. The first-order valence-corrected chi connectivity index (χ1v) is 15.7. The minimum absolute atomic E-state index is 0.101. The van der Waals surface area contributed by atoms with Gasteiger partial charge in [0.25, 0.3) is 23.6 Å². The molecule has 6 aromatic carbocycles. The minimum Gasteiger partial charge on any atom is -0.399 e. The van der Waals surface area contributed by atoms with Crippen LogP contribution in [0.15, 0.2) is 133 Å². The monoisotopic (exact) mass is 654 g/mol. The van der Waals surface area contributed by atoms with Crippen molar-refractivity contribution in [1.82, 2.24) is 0 Å². The van der Waals surface area contributed by atoms with Gasteiger partial charge in [-0.1, -0.05) is 60.7 Å². The molecule has 0 aliphatic carbocycles. The molecule has 2 aliphatic heterocycles. The number of ketones is 1. The fourth-order valence-corrected chi connectivity index (χ4v) is 6.36. The molecule has 6 aromatic rings. The fraction of sp³-hybridized carbons (Fsp3) is 0. The van der Waals surface area contributed by atoms with E-state index < -0.39 is 29.4 Å². The molecule has 2 heterocycles. The third-order valence-electron chi connectivity index (χ3n) is 9.04. The highest BCUT2D eigenvalue weighted by Crippen LogP contribution is 2.34. The van der Waals surface area contributed by atoms with Crippen LogP contribution in [-0.4, -0.2) is 29.4 Å². The van der Waals surface area contributed by atoms with Crippen molar-refractivity contribution in [3.8, 4) is 22.3 Å². The van der Waals surface area contributed by atoms with E-state index in [0.29, 0.717) is 22.7 Å². The van der Waals surface area contributed by atoms with Gasteiger partial charge < -0.3 is 11.5 Å². The summed E-state index contributed by atoms with van der Waals surface area (Å²) in [6.07, 6.45) is 0. The fourth-order valence-electron chi connectivity index (χ4n) is 6.36. The van der Waals surface area contributed by atoms with E-state index in [4.69, 9.17) is 11.5 Å². The average Bonchev–Trinajstić information content (AvgIpc) is 3.55. The van der Waals surface area contributed by atoms with E-state index in [1.54, 1.807) is 48.5 Å². The summed E-state index contributed by atoms with van der Waals surface area (Å²) in [5.74, 6) is -2.55. The second-order valence-electron chi connectivity index (χ2n) is 12.1. The van der Waals surface area contributed by atoms with Gasteiger partial charge in [-0.3, -0.25) is 24.0 Å². The lowest BCUT2D eigenvalue weighted by atomic mass is 9.96. The first-order valence-electron chi connectivity index (χ1n) is 15.7. The molecule has 4 amide bonds. The Morgan fingerprint density at radius 2 is 0.680 bits per heavy atom. The van der Waals surface area contributed by atoms with Crippen molar-refractivity contribution in [3.63, 3.8) is 0 Å². The number of carbonyl (C=O) groups excluding carboxylic acids is 5. The van der Waals surface area contributed by atoms with Crippen LogP contribution in [-0.2, 0) is 0 Å². The predicted octanol–water partition coefficient (Wildman–Crippen LogP) is 7.02. The number of nitrogens with two attached hydrogens (primary N) is 2. The van der Waals surface area contributed by atoms with Crippen molar-refractivity contribution in [2.45, 2.75) is 0 Å². The van der Waals surface area contributed by atoms with Crippen LogP contribution >= 0.6 is 0 Å². The van der Waals surface area contributed by atoms with Gasteiger partial charge in [0.15, 0.2) is 5.78 Å². The Hall–Kier alpha value is -7.13. The van der Waals surface area contributed by atoms with E-state index in [-0.39, 0.29) is 33.4 Å². The Balaban J connectivity index is 1.02. The molecule has 0 spiro atoms. The molecule has 4 N–H and O–H groups in total. The number of fused-ring (bicyclic) bond motifs is 2. The van der Waals surface area contributed by atoms with E-state index in [1.807, 2.05) is 48.5 Å². The number of hydrogen-bond acceptors (Lipinski definition) is 7. The van der Waals surface area contributed by atoms with Gasteiger partial charge >= 0.3 is 0 Å². The number of nitrogen functional groups attached to an aromatic ring is 2. The third-order valence-corrected chi connectivity index (χ3v) is 9.04. The van der Waals surface area contributed by atoms with Gasteiger partial charge in [0.2, 0.25) is 0 Å². The molecule has 2 aliphatic rings. The van der Waals surface area contributed by atoms with Crippen molar-refractivity contribution in [2.24, 2.45) is 0 Å². The van der Waals surface area contributed by atoms with E-state index in [2.05, 4.69) is 0 Å². The first-order chi connectivity index (χ1) is 24.2. The molecule has 0 saturated carbocycles. The number of imide groups is 2. The van der Waals surface area contributed by atoms with E-state index in [0.717, 1.165) is 32.1 Å². The molecule has 9 heteroatoms. The van der Waals surface area contributed by atoms with Crippen LogP contribution in [0.3, 0.4) is 0 Å². The summed E-state index contributed by atoms with van der Waals surface area (Å²) in [5, 5.41) is 0. The highest BCUT2D eigenvalue weighted by atomic mass is 16.2. The van der Waals surface area contributed by atoms with Crippen LogP contribution in [0.25, 0.3) is 22.3 Å². The zero-order valence-corrected chi connectivity index (χ0v) is 26.3. The molecule has 0 unspecified atom stereocenters. The quantitative estimate of drug-likeness (QED) is 0.112. The van der Waals surface area contributed by atoms with Crippen LogP contribution in [0.5, 0.6) is 0 Å². The molecule has 0 saturated heterocycles. The molecule has 0 atom stereocenters. The third kappa shape index (κ3) is 4.92. The summed E-state index contributed by atoms with van der Waals surface area (Å²) in [6.45, 7) is 0. The van der Waals surface area contributed by atoms with Crippen LogP contribution in [0.2, 0.25) is 0 Å². The SMILES string of the molecule is Nc1ccc(-c2ccc(N3C(=O)c4ccc(C(=O)c5ccc6c(c5)C(=O)N(c5ccc(-c7ccc(N)cc7)cc5)C6=O)cc4C3=O)cc2)cc1. The number of rotatable bonds is 6. The Kier molecular flexibility index (Phi) is 6.97. The highest BCUT2D eigenvalue weighted by Gasteiger charge is 2.39. The molecular weight excluding hydrogens is 628 g/mol. The summed E-state index contributed by atoms with van der Waals surface area (Å²) in [4.78, 5) is 69.5. The molecule has 0 aromatic heterocycles. The van der Waals surface area contributed by atoms with Crippen molar-refractivity contribution in [2.75, 3.05) is 21.3 Å². The number of nitrogens with zero attached hydrogens (tertiary/aromatic N) is 2. The van der Waals surface area contributed by atoms with Crippen molar-refractivity contribution in [3.05, 3.63) is 167 Å². The van der Waals surface area contributed by atoms with E-state index in [1.165, 1.54) is 36.4 Å². The van der Waals surface area contributed by atoms with Gasteiger partial charge in [0.1, 0.15) is 0 Å². The molecule has 0 fully saturated rings. The van der Waals surface area contributed by atoms with Crippen molar-refractivity contribution >= 4 is 52.2 Å². The molecule has 50 heavy (non-hydrogen) atoms. The van der Waals surface area contributed by atoms with Gasteiger partial charge in [-0.25, -0.2) is 9.80 Å². The summed E-state index contributed by atoms with van der Waals surface area (Å²) in [7, 11) is 0. The van der Waals surface area contributed by atoms with Crippen molar-refractivity contribution < 1.29 is 24.0 Å². The maximum atomic E-state index is 13.7. The second-order valence-corrected chi connectivity index (χ2v) is 12.1. The number of hydrogen-bond donors (Lipinski definition) is 2. The lowest BCUT2D eigenvalue weighted by molar-refractivity contribution is 0.0910. The molecule has 9 nitrogen and oxygen atoms in total. The summed E-state index contributed by atoms with van der Waals surface area (Å²) >= 11 is 0. The smallest absolute Gasteiger partial charge is 0.266 e. The van der Waals surface area contributed by atoms with Gasteiger partial charge in [-0.05, 0) is 95.1 Å². The molecule has 8 rings (SSSR count). The maximum Gasteiger partial charge on any atom is 0.266 e. The predicted molar refractivity (Wildman–Crippen MR) is 191 cm³/mol. The lowest BCUT2D eigenvalue weighted by Gasteiger charge is -2.14. The number of amides is 4. The molecule has 0 bridgehead atoms. The van der Waals surface area contributed by atoms with E-state index >= 15 is 0 Å². The normalized spacial score (nSPS) is 13.5. The number of carbonyl (C=O) groups is 5. The van der Waals surface area contributed by atoms with E-state index in [9.17, 15) is 24.0 Å². The summed E-state index contributed by atoms with van der Waals surface area (Å²) in [5.41, 5.74) is 18.2. The zero-order chi connectivity index (χ0) is 34.7. The molecule has 0 radical (unpaired) electrons. The number of anilines is 4. The Labute approximate surface area is 286 Å². The largest absolute Gasteiger partial charge is 0.399 e. The highest BCUT2D eigenvalue weighted by molar-refractivity contribution is 6.36. The molecular formula is C41H26N4O5. The summed E-state index contributed by atoms with van der Waals surface area (Å²) in [6, 6.07) is 37.5. The van der Waals surface area contributed by atoms with Gasteiger partial charge in [-0.2, -0.15) is 0 Å². The van der Waals surface area contributed by atoms with Crippen LogP contribution in [0.1, 0.15) is 57.4 Å². The van der Waals surface area contributed by atoms with Gasteiger partial charge in [-0.15, -0.1) is 0 Å².